The molecule has 19 heavy (non-hydrogen) atoms. The van der Waals surface area contributed by atoms with Crippen molar-refractivity contribution in [2.24, 2.45) is 5.92 Å². The van der Waals surface area contributed by atoms with Gasteiger partial charge in [-0.2, -0.15) is 0 Å². The number of benzene rings is 1. The molecule has 0 aromatic heterocycles. The molecule has 2 rings (SSSR count). The Morgan fingerprint density at radius 2 is 2.05 bits per heavy atom. The molecule has 0 aliphatic heterocycles. The summed E-state index contributed by atoms with van der Waals surface area (Å²) in [7, 11) is 0. The van der Waals surface area contributed by atoms with Gasteiger partial charge >= 0.3 is 0 Å². The number of nitrogens with one attached hydrogen (secondary N) is 1. The van der Waals surface area contributed by atoms with Gasteiger partial charge in [-0.15, -0.1) is 0 Å². The second-order valence-electron chi connectivity index (χ2n) is 5.08. The summed E-state index contributed by atoms with van der Waals surface area (Å²) in [4.78, 5) is 13.9. The number of carbonyl (C=O) groups excluding carboxylic acids is 1. The van der Waals surface area contributed by atoms with E-state index in [0.717, 1.165) is 12.2 Å². The average Bonchev–Trinajstić information content (AvgIpc) is 3.26. The molecule has 0 bridgehead atoms. The van der Waals surface area contributed by atoms with Crippen molar-refractivity contribution >= 4 is 11.6 Å². The summed E-state index contributed by atoms with van der Waals surface area (Å²) < 4.78 is 0. The number of amides is 1. The number of hydrogen-bond donors (Lipinski definition) is 2. The Bertz CT molecular complexity index is 390. The van der Waals surface area contributed by atoms with E-state index < -0.39 is 0 Å². The van der Waals surface area contributed by atoms with Crippen molar-refractivity contribution in [1.29, 1.82) is 0 Å². The number of nitrogens with zero attached hydrogens (tertiary/aromatic N) is 1. The third-order valence-corrected chi connectivity index (χ3v) is 3.33. The minimum Gasteiger partial charge on any atom is -0.396 e. The SMILES string of the molecule is O=C(CN(CCCO)c1ccccc1)NCC1CC1. The molecule has 1 aromatic rings. The predicted octanol–water partition coefficient (Wildman–Crippen LogP) is 1.40. The van der Waals surface area contributed by atoms with Crippen LogP contribution in [0.3, 0.4) is 0 Å². The van der Waals surface area contributed by atoms with E-state index in [1.54, 1.807) is 0 Å². The van der Waals surface area contributed by atoms with Crippen LogP contribution in [0.4, 0.5) is 5.69 Å². The molecule has 1 saturated carbocycles. The second kappa shape index (κ2) is 7.14. The molecule has 1 aromatic carbocycles. The number of anilines is 1. The number of aliphatic hydroxyl groups excluding tert-OH is 1. The molecule has 4 heteroatoms. The summed E-state index contributed by atoms with van der Waals surface area (Å²) in [5, 5.41) is 11.9. The number of rotatable bonds is 8. The van der Waals surface area contributed by atoms with Crippen molar-refractivity contribution in [2.75, 3.05) is 31.1 Å². The smallest absolute Gasteiger partial charge is 0.239 e. The highest BCUT2D eigenvalue weighted by Crippen LogP contribution is 2.27. The van der Waals surface area contributed by atoms with Crippen LogP contribution in [0.15, 0.2) is 30.3 Å². The molecule has 4 nitrogen and oxygen atoms in total. The van der Waals surface area contributed by atoms with Crippen molar-refractivity contribution in [3.63, 3.8) is 0 Å². The molecule has 0 saturated heterocycles. The Morgan fingerprint density at radius 3 is 2.68 bits per heavy atom. The van der Waals surface area contributed by atoms with Crippen molar-refractivity contribution in [1.82, 2.24) is 5.32 Å². The van der Waals surface area contributed by atoms with Crippen LogP contribution in [0.2, 0.25) is 0 Å². The first kappa shape index (κ1) is 13.9. The van der Waals surface area contributed by atoms with Crippen LogP contribution in [-0.4, -0.2) is 37.3 Å². The summed E-state index contributed by atoms with van der Waals surface area (Å²) >= 11 is 0. The zero-order chi connectivity index (χ0) is 13.5. The Morgan fingerprint density at radius 1 is 1.32 bits per heavy atom. The fraction of sp³-hybridized carbons (Fsp3) is 0.533. The molecule has 0 atom stereocenters. The largest absolute Gasteiger partial charge is 0.396 e. The topological polar surface area (TPSA) is 52.6 Å². The number of aliphatic hydroxyl groups is 1. The Balaban J connectivity index is 1.87. The number of carbonyl (C=O) groups is 1. The second-order valence-corrected chi connectivity index (χ2v) is 5.08. The molecule has 1 aliphatic carbocycles. The summed E-state index contributed by atoms with van der Waals surface area (Å²) in [6.07, 6.45) is 3.16. The first-order valence-corrected chi connectivity index (χ1v) is 6.97. The van der Waals surface area contributed by atoms with Gasteiger partial charge in [0.15, 0.2) is 0 Å². The van der Waals surface area contributed by atoms with E-state index in [1.165, 1.54) is 12.8 Å². The maximum absolute atomic E-state index is 11.9. The maximum Gasteiger partial charge on any atom is 0.239 e. The summed E-state index contributed by atoms with van der Waals surface area (Å²) in [6, 6.07) is 9.87. The van der Waals surface area contributed by atoms with Crippen LogP contribution in [0.1, 0.15) is 19.3 Å². The van der Waals surface area contributed by atoms with Gasteiger partial charge in [-0.3, -0.25) is 4.79 Å². The van der Waals surface area contributed by atoms with E-state index in [9.17, 15) is 4.79 Å². The van der Waals surface area contributed by atoms with Crippen LogP contribution in [0.5, 0.6) is 0 Å². The van der Waals surface area contributed by atoms with Crippen molar-refractivity contribution in [3.05, 3.63) is 30.3 Å². The van der Waals surface area contributed by atoms with Crippen LogP contribution in [0, 0.1) is 5.92 Å². The minimum atomic E-state index is 0.0636. The lowest BCUT2D eigenvalue weighted by atomic mass is 10.2. The summed E-state index contributed by atoms with van der Waals surface area (Å²) in [5.74, 6) is 0.764. The van der Waals surface area contributed by atoms with Gasteiger partial charge in [-0.05, 0) is 37.3 Å². The van der Waals surface area contributed by atoms with Gasteiger partial charge in [0.2, 0.25) is 5.91 Å². The molecule has 1 amide bonds. The Hall–Kier alpha value is -1.55. The number of hydrogen-bond acceptors (Lipinski definition) is 3. The third-order valence-electron chi connectivity index (χ3n) is 3.33. The molecular weight excluding hydrogens is 240 g/mol. The molecule has 0 spiro atoms. The molecular formula is C15H22N2O2. The Labute approximate surface area is 114 Å². The summed E-state index contributed by atoms with van der Waals surface area (Å²) in [6.45, 7) is 2.00. The third kappa shape index (κ3) is 4.91. The normalized spacial score (nSPS) is 14.2. The molecule has 0 radical (unpaired) electrons. The molecule has 1 fully saturated rings. The fourth-order valence-electron chi connectivity index (χ4n) is 2.01. The zero-order valence-electron chi connectivity index (χ0n) is 11.2. The van der Waals surface area contributed by atoms with Crippen molar-refractivity contribution in [3.8, 4) is 0 Å². The standard InChI is InChI=1S/C15H22N2O2/c18-10-4-9-17(14-5-2-1-3-6-14)12-15(19)16-11-13-7-8-13/h1-3,5-6,13,18H,4,7-12H2,(H,16,19). The van der Waals surface area contributed by atoms with Gasteiger partial charge in [0.25, 0.3) is 0 Å². The first-order chi connectivity index (χ1) is 9.29. The highest BCUT2D eigenvalue weighted by atomic mass is 16.3. The lowest BCUT2D eigenvalue weighted by Gasteiger charge is -2.24. The van der Waals surface area contributed by atoms with E-state index in [1.807, 2.05) is 35.2 Å². The van der Waals surface area contributed by atoms with Gasteiger partial charge in [-0.25, -0.2) is 0 Å². The molecule has 0 heterocycles. The van der Waals surface area contributed by atoms with Gasteiger partial charge < -0.3 is 15.3 Å². The minimum absolute atomic E-state index is 0.0636. The van der Waals surface area contributed by atoms with Crippen LogP contribution >= 0.6 is 0 Å². The molecule has 1 aliphatic rings. The van der Waals surface area contributed by atoms with Gasteiger partial charge in [0.05, 0.1) is 6.54 Å². The Kier molecular flexibility index (Phi) is 5.21. The zero-order valence-corrected chi connectivity index (χ0v) is 11.2. The van der Waals surface area contributed by atoms with Crippen LogP contribution in [-0.2, 0) is 4.79 Å². The average molecular weight is 262 g/mol. The lowest BCUT2D eigenvalue weighted by molar-refractivity contribution is -0.119. The van der Waals surface area contributed by atoms with Crippen molar-refractivity contribution in [2.45, 2.75) is 19.3 Å². The fourth-order valence-corrected chi connectivity index (χ4v) is 2.01. The predicted molar refractivity (Wildman–Crippen MR) is 76.1 cm³/mol. The first-order valence-electron chi connectivity index (χ1n) is 6.97. The molecule has 0 unspecified atom stereocenters. The van der Waals surface area contributed by atoms with Gasteiger partial charge in [-0.1, -0.05) is 18.2 Å². The van der Waals surface area contributed by atoms with Gasteiger partial charge in [0.1, 0.15) is 0 Å². The lowest BCUT2D eigenvalue weighted by Crippen LogP contribution is -2.38. The van der Waals surface area contributed by atoms with Crippen LogP contribution in [0.25, 0.3) is 0 Å². The van der Waals surface area contributed by atoms with E-state index in [4.69, 9.17) is 5.11 Å². The molecule has 104 valence electrons. The quantitative estimate of drug-likeness (QED) is 0.744. The van der Waals surface area contributed by atoms with E-state index in [-0.39, 0.29) is 12.5 Å². The van der Waals surface area contributed by atoms with E-state index in [0.29, 0.717) is 25.4 Å². The summed E-state index contributed by atoms with van der Waals surface area (Å²) in [5.41, 5.74) is 1.03. The van der Waals surface area contributed by atoms with Crippen LogP contribution < -0.4 is 10.2 Å². The van der Waals surface area contributed by atoms with Crippen molar-refractivity contribution < 1.29 is 9.90 Å². The maximum atomic E-state index is 11.9. The highest BCUT2D eigenvalue weighted by molar-refractivity contribution is 5.81. The highest BCUT2D eigenvalue weighted by Gasteiger charge is 2.22. The van der Waals surface area contributed by atoms with E-state index >= 15 is 0 Å². The van der Waals surface area contributed by atoms with E-state index in [2.05, 4.69) is 5.32 Å². The monoisotopic (exact) mass is 262 g/mol. The van der Waals surface area contributed by atoms with Gasteiger partial charge in [0, 0.05) is 25.4 Å². The number of para-hydroxylation sites is 1. The molecule has 2 N–H and O–H groups in total.